The van der Waals surface area contributed by atoms with Gasteiger partial charge in [-0.05, 0) is 12.0 Å². The van der Waals surface area contributed by atoms with Crippen LogP contribution in [0.4, 0.5) is 4.39 Å². The number of allylic oxidation sites excluding steroid dienone is 3. The highest BCUT2D eigenvalue weighted by Crippen LogP contribution is 2.16. The van der Waals surface area contributed by atoms with Crippen molar-refractivity contribution in [3.8, 4) is 0 Å². The molecule has 2 rings (SSSR count). The Labute approximate surface area is 70.3 Å². The smallest absolute Gasteiger partial charge is 0.145 e. The highest BCUT2D eigenvalue weighted by atomic mass is 19.1. The van der Waals surface area contributed by atoms with Gasteiger partial charge in [0.15, 0.2) is 0 Å². The van der Waals surface area contributed by atoms with Gasteiger partial charge in [0, 0.05) is 11.8 Å². The van der Waals surface area contributed by atoms with Crippen LogP contribution in [0.25, 0.3) is 6.08 Å². The number of hydrogen-bond donors (Lipinski definition) is 0. The lowest BCUT2D eigenvalue weighted by atomic mass is 10.1. The molecule has 0 saturated carbocycles. The first-order valence-electron chi connectivity index (χ1n) is 3.83. The second-order valence-corrected chi connectivity index (χ2v) is 2.68. The maximum absolute atomic E-state index is 13.1. The quantitative estimate of drug-likeness (QED) is 0.569. The summed E-state index contributed by atoms with van der Waals surface area (Å²) in [4.78, 5) is 3.79. The van der Waals surface area contributed by atoms with E-state index in [1.165, 1.54) is 6.20 Å². The Balaban J connectivity index is 2.59. The summed E-state index contributed by atoms with van der Waals surface area (Å²) in [7, 11) is 0. The van der Waals surface area contributed by atoms with Gasteiger partial charge in [-0.25, -0.2) is 4.39 Å². The maximum atomic E-state index is 13.1. The average Bonchev–Trinajstić information content (AvgIpc) is 2.30. The van der Waals surface area contributed by atoms with Crippen LogP contribution in [0, 0.1) is 5.82 Å². The minimum atomic E-state index is -0.219. The van der Waals surface area contributed by atoms with Gasteiger partial charge < -0.3 is 0 Å². The van der Waals surface area contributed by atoms with Crippen LogP contribution in [0.5, 0.6) is 0 Å². The summed E-state index contributed by atoms with van der Waals surface area (Å²) in [5, 5.41) is 0. The second kappa shape index (κ2) is 2.89. The minimum Gasteiger partial charge on any atom is -0.261 e. The highest BCUT2D eigenvalue weighted by molar-refractivity contribution is 5.56. The third-order valence-corrected chi connectivity index (χ3v) is 1.88. The SMILES string of the molecule is Fc1cncc2c1CC=CC=C2. The third kappa shape index (κ3) is 1.16. The van der Waals surface area contributed by atoms with Crippen molar-refractivity contribution >= 4 is 6.08 Å². The van der Waals surface area contributed by atoms with Crippen molar-refractivity contribution in [3.63, 3.8) is 0 Å². The van der Waals surface area contributed by atoms with Crippen LogP contribution in [0.2, 0.25) is 0 Å². The molecular formula is C10H8FN. The molecule has 0 fully saturated rings. The Morgan fingerprint density at radius 2 is 2.17 bits per heavy atom. The fraction of sp³-hybridized carbons (Fsp3) is 0.100. The van der Waals surface area contributed by atoms with E-state index in [1.54, 1.807) is 6.20 Å². The van der Waals surface area contributed by atoms with Crippen LogP contribution < -0.4 is 0 Å². The first kappa shape index (κ1) is 7.22. The lowest BCUT2D eigenvalue weighted by molar-refractivity contribution is 0.607. The molecule has 1 heterocycles. The maximum Gasteiger partial charge on any atom is 0.145 e. The summed E-state index contributed by atoms with van der Waals surface area (Å²) in [6.45, 7) is 0. The highest BCUT2D eigenvalue weighted by Gasteiger charge is 2.05. The van der Waals surface area contributed by atoms with Gasteiger partial charge in [0.1, 0.15) is 5.82 Å². The van der Waals surface area contributed by atoms with Crippen molar-refractivity contribution in [2.45, 2.75) is 6.42 Å². The number of aromatic nitrogens is 1. The van der Waals surface area contributed by atoms with E-state index in [2.05, 4.69) is 4.98 Å². The number of hydrogen-bond acceptors (Lipinski definition) is 1. The zero-order valence-electron chi connectivity index (χ0n) is 6.50. The van der Waals surface area contributed by atoms with Gasteiger partial charge in [-0.3, -0.25) is 4.98 Å². The molecule has 0 N–H and O–H groups in total. The predicted octanol–water partition coefficient (Wildman–Crippen LogP) is 2.35. The molecule has 1 nitrogen and oxygen atoms in total. The van der Waals surface area contributed by atoms with Crippen LogP contribution >= 0.6 is 0 Å². The number of rotatable bonds is 0. The molecule has 2 heteroatoms. The average molecular weight is 161 g/mol. The van der Waals surface area contributed by atoms with Crippen molar-refractivity contribution in [1.82, 2.24) is 4.98 Å². The van der Waals surface area contributed by atoms with Crippen molar-refractivity contribution in [3.05, 3.63) is 47.6 Å². The van der Waals surface area contributed by atoms with Crippen molar-refractivity contribution in [2.75, 3.05) is 0 Å². The number of pyridine rings is 1. The van der Waals surface area contributed by atoms with Crippen LogP contribution in [0.15, 0.2) is 30.6 Å². The van der Waals surface area contributed by atoms with E-state index in [0.717, 1.165) is 11.1 Å². The Bertz CT molecular complexity index is 353. The van der Waals surface area contributed by atoms with Gasteiger partial charge in [-0.1, -0.05) is 24.3 Å². The molecule has 1 aliphatic rings. The summed E-state index contributed by atoms with van der Waals surface area (Å²) in [5.74, 6) is -0.219. The monoisotopic (exact) mass is 161 g/mol. The molecule has 0 amide bonds. The lowest BCUT2D eigenvalue weighted by Gasteiger charge is -2.01. The molecule has 0 aliphatic heterocycles. The molecule has 0 radical (unpaired) electrons. The van der Waals surface area contributed by atoms with Gasteiger partial charge in [0.25, 0.3) is 0 Å². The van der Waals surface area contributed by atoms with E-state index in [9.17, 15) is 4.39 Å². The van der Waals surface area contributed by atoms with Gasteiger partial charge >= 0.3 is 0 Å². The summed E-state index contributed by atoms with van der Waals surface area (Å²) in [6.07, 6.45) is 11.2. The van der Waals surface area contributed by atoms with E-state index in [0.29, 0.717) is 6.42 Å². The molecule has 0 unspecified atom stereocenters. The molecule has 1 aromatic rings. The normalized spacial score (nSPS) is 14.1. The molecule has 0 saturated heterocycles. The zero-order valence-corrected chi connectivity index (χ0v) is 6.50. The molecule has 0 aromatic carbocycles. The zero-order chi connectivity index (χ0) is 8.39. The molecule has 1 aromatic heterocycles. The van der Waals surface area contributed by atoms with Crippen LogP contribution in [0.3, 0.4) is 0 Å². The predicted molar refractivity (Wildman–Crippen MR) is 46.1 cm³/mol. The molecule has 0 atom stereocenters. The van der Waals surface area contributed by atoms with E-state index in [-0.39, 0.29) is 5.82 Å². The van der Waals surface area contributed by atoms with Crippen molar-refractivity contribution in [1.29, 1.82) is 0 Å². The molecule has 60 valence electrons. The van der Waals surface area contributed by atoms with Crippen LogP contribution in [-0.2, 0) is 6.42 Å². The lowest BCUT2D eigenvalue weighted by Crippen LogP contribution is -1.93. The van der Waals surface area contributed by atoms with E-state index in [1.807, 2.05) is 24.3 Å². The Morgan fingerprint density at radius 1 is 1.25 bits per heavy atom. The summed E-state index contributed by atoms with van der Waals surface area (Å²) in [6, 6.07) is 0. The van der Waals surface area contributed by atoms with E-state index in [4.69, 9.17) is 0 Å². The van der Waals surface area contributed by atoms with Gasteiger partial charge in [0.05, 0.1) is 6.20 Å². The second-order valence-electron chi connectivity index (χ2n) is 2.68. The molecule has 12 heavy (non-hydrogen) atoms. The minimum absolute atomic E-state index is 0.219. The Hall–Kier alpha value is -1.44. The number of nitrogens with zero attached hydrogens (tertiary/aromatic N) is 1. The van der Waals surface area contributed by atoms with Gasteiger partial charge in [0.2, 0.25) is 0 Å². The summed E-state index contributed by atoms with van der Waals surface area (Å²) in [5.41, 5.74) is 1.61. The number of fused-ring (bicyclic) bond motifs is 1. The Morgan fingerprint density at radius 3 is 3.08 bits per heavy atom. The molecule has 1 aliphatic carbocycles. The van der Waals surface area contributed by atoms with Crippen molar-refractivity contribution in [2.24, 2.45) is 0 Å². The van der Waals surface area contributed by atoms with E-state index < -0.39 is 0 Å². The van der Waals surface area contributed by atoms with Gasteiger partial charge in [-0.2, -0.15) is 0 Å². The first-order valence-corrected chi connectivity index (χ1v) is 3.83. The molecule has 0 bridgehead atoms. The van der Waals surface area contributed by atoms with Crippen LogP contribution in [-0.4, -0.2) is 4.98 Å². The van der Waals surface area contributed by atoms with Crippen LogP contribution in [0.1, 0.15) is 11.1 Å². The standard InChI is InChI=1S/C10H8FN/c11-10-7-12-6-8-4-2-1-3-5-9(8)10/h1-4,6-7H,5H2. The van der Waals surface area contributed by atoms with E-state index >= 15 is 0 Å². The fourth-order valence-corrected chi connectivity index (χ4v) is 1.26. The number of halogens is 1. The first-order chi connectivity index (χ1) is 5.88. The largest absolute Gasteiger partial charge is 0.261 e. The van der Waals surface area contributed by atoms with Crippen molar-refractivity contribution < 1.29 is 4.39 Å². The summed E-state index contributed by atoms with van der Waals surface area (Å²) < 4.78 is 13.1. The third-order valence-electron chi connectivity index (χ3n) is 1.88. The topological polar surface area (TPSA) is 12.9 Å². The fourth-order valence-electron chi connectivity index (χ4n) is 1.26. The van der Waals surface area contributed by atoms with Gasteiger partial charge in [-0.15, -0.1) is 0 Å². The summed E-state index contributed by atoms with van der Waals surface area (Å²) >= 11 is 0. The molecule has 0 spiro atoms. The molecular weight excluding hydrogens is 153 g/mol. The Kier molecular flexibility index (Phi) is 1.74.